The lowest BCUT2D eigenvalue weighted by Crippen LogP contribution is -2.26. The number of sulfonamides is 1. The van der Waals surface area contributed by atoms with Crippen molar-refractivity contribution in [2.45, 2.75) is 24.3 Å². The molecule has 94 valence electrons. The van der Waals surface area contributed by atoms with Crippen LogP contribution in [0.5, 0.6) is 0 Å². The maximum Gasteiger partial charge on any atom is 0.240 e. The van der Waals surface area contributed by atoms with Crippen molar-refractivity contribution in [2.75, 3.05) is 6.54 Å². The predicted molar refractivity (Wildman–Crippen MR) is 67.2 cm³/mol. The molecule has 0 saturated heterocycles. The fraction of sp³-hybridized carbons (Fsp3) is 0.333. The van der Waals surface area contributed by atoms with E-state index in [1.54, 1.807) is 24.3 Å². The van der Waals surface area contributed by atoms with Gasteiger partial charge in [0.1, 0.15) is 0 Å². The Hall–Kier alpha value is -1.17. The van der Waals surface area contributed by atoms with Gasteiger partial charge in [-0.05, 0) is 25.5 Å². The van der Waals surface area contributed by atoms with E-state index in [9.17, 15) is 13.5 Å². The molecule has 0 saturated carbocycles. The second kappa shape index (κ2) is 5.95. The first-order valence-corrected chi connectivity index (χ1v) is 6.81. The van der Waals surface area contributed by atoms with Gasteiger partial charge in [-0.25, -0.2) is 13.1 Å². The zero-order valence-corrected chi connectivity index (χ0v) is 10.6. The van der Waals surface area contributed by atoms with Crippen LogP contribution in [0.4, 0.5) is 0 Å². The van der Waals surface area contributed by atoms with Gasteiger partial charge in [0.25, 0.3) is 0 Å². The normalized spacial score (nSPS) is 13.3. The molecule has 0 aliphatic rings. The van der Waals surface area contributed by atoms with Crippen LogP contribution in [0.15, 0.2) is 41.8 Å². The summed E-state index contributed by atoms with van der Waals surface area (Å²) in [6, 6.07) is 6.60. The number of rotatable bonds is 6. The standard InChI is InChI=1S/C12H17NO3S/c1-3-11(14)8-9-13-17(15,16)12-6-4-10(2)5-7-12/h3-7,11,13-14H,1,8-9H2,2H3/t11-/m1/s1. The summed E-state index contributed by atoms with van der Waals surface area (Å²) >= 11 is 0. The van der Waals surface area contributed by atoms with Crippen LogP contribution in [0.1, 0.15) is 12.0 Å². The molecule has 0 fully saturated rings. The third kappa shape index (κ3) is 4.30. The first-order valence-electron chi connectivity index (χ1n) is 5.32. The SMILES string of the molecule is C=C[C@@H](O)CCNS(=O)(=O)c1ccc(C)cc1. The van der Waals surface area contributed by atoms with E-state index in [1.165, 1.54) is 6.08 Å². The van der Waals surface area contributed by atoms with Crippen LogP contribution in [0.25, 0.3) is 0 Å². The fourth-order valence-electron chi connectivity index (χ4n) is 1.26. The molecule has 5 heteroatoms. The van der Waals surface area contributed by atoms with Gasteiger partial charge in [0, 0.05) is 6.54 Å². The average Bonchev–Trinajstić information content (AvgIpc) is 2.29. The van der Waals surface area contributed by atoms with Crippen LogP contribution in [0, 0.1) is 6.92 Å². The molecule has 0 aliphatic heterocycles. The van der Waals surface area contributed by atoms with Gasteiger partial charge in [-0.15, -0.1) is 6.58 Å². The minimum absolute atomic E-state index is 0.184. The summed E-state index contributed by atoms with van der Waals surface area (Å²) in [5.74, 6) is 0. The molecule has 0 aliphatic carbocycles. The zero-order chi connectivity index (χ0) is 12.9. The van der Waals surface area contributed by atoms with Crippen molar-refractivity contribution in [3.05, 3.63) is 42.5 Å². The van der Waals surface area contributed by atoms with E-state index in [2.05, 4.69) is 11.3 Å². The minimum atomic E-state index is -3.48. The molecule has 0 unspecified atom stereocenters. The van der Waals surface area contributed by atoms with Crippen molar-refractivity contribution < 1.29 is 13.5 Å². The van der Waals surface area contributed by atoms with Crippen molar-refractivity contribution in [3.8, 4) is 0 Å². The van der Waals surface area contributed by atoms with Gasteiger partial charge in [-0.1, -0.05) is 23.8 Å². The molecule has 1 atom stereocenters. The Morgan fingerprint density at radius 3 is 2.53 bits per heavy atom. The lowest BCUT2D eigenvalue weighted by Gasteiger charge is -2.08. The molecule has 4 nitrogen and oxygen atoms in total. The maximum atomic E-state index is 11.8. The summed E-state index contributed by atoms with van der Waals surface area (Å²) in [5, 5.41) is 9.21. The summed E-state index contributed by atoms with van der Waals surface area (Å²) < 4.78 is 26.0. The van der Waals surface area contributed by atoms with Gasteiger partial charge >= 0.3 is 0 Å². The highest BCUT2D eigenvalue weighted by molar-refractivity contribution is 7.89. The Morgan fingerprint density at radius 2 is 2.00 bits per heavy atom. The summed E-state index contributed by atoms with van der Waals surface area (Å²) in [6.45, 7) is 5.49. The smallest absolute Gasteiger partial charge is 0.240 e. The van der Waals surface area contributed by atoms with Gasteiger partial charge in [0.2, 0.25) is 10.0 Å². The lowest BCUT2D eigenvalue weighted by molar-refractivity contribution is 0.214. The second-order valence-corrected chi connectivity index (χ2v) is 5.57. The number of hydrogen-bond acceptors (Lipinski definition) is 3. The average molecular weight is 255 g/mol. The predicted octanol–water partition coefficient (Wildman–Crippen LogP) is 1.21. The molecule has 2 N–H and O–H groups in total. The summed E-state index contributed by atoms with van der Waals surface area (Å²) in [6.07, 6.45) is 1.00. The highest BCUT2D eigenvalue weighted by Gasteiger charge is 2.13. The van der Waals surface area contributed by atoms with Crippen LogP contribution in [-0.2, 0) is 10.0 Å². The van der Waals surface area contributed by atoms with E-state index in [4.69, 9.17) is 0 Å². The van der Waals surface area contributed by atoms with E-state index in [0.29, 0.717) is 6.42 Å². The van der Waals surface area contributed by atoms with Gasteiger partial charge in [-0.2, -0.15) is 0 Å². The molecule has 0 aromatic heterocycles. The van der Waals surface area contributed by atoms with E-state index in [0.717, 1.165) is 5.56 Å². The molecule has 0 heterocycles. The zero-order valence-electron chi connectivity index (χ0n) is 9.76. The molecular formula is C12H17NO3S. The Kier molecular flexibility index (Phi) is 4.86. The quantitative estimate of drug-likeness (QED) is 0.751. The highest BCUT2D eigenvalue weighted by Crippen LogP contribution is 2.09. The Labute approximate surface area is 102 Å². The molecule has 1 rings (SSSR count). The third-order valence-electron chi connectivity index (χ3n) is 2.34. The summed E-state index contributed by atoms with van der Waals surface area (Å²) in [5.41, 5.74) is 1.01. The van der Waals surface area contributed by atoms with Crippen LogP contribution >= 0.6 is 0 Å². The number of aliphatic hydroxyl groups is 1. The third-order valence-corrected chi connectivity index (χ3v) is 3.81. The van der Waals surface area contributed by atoms with Gasteiger partial charge in [0.15, 0.2) is 0 Å². The van der Waals surface area contributed by atoms with E-state index in [-0.39, 0.29) is 11.4 Å². The molecular weight excluding hydrogens is 238 g/mol. The van der Waals surface area contributed by atoms with Gasteiger partial charge < -0.3 is 5.11 Å². The highest BCUT2D eigenvalue weighted by atomic mass is 32.2. The summed E-state index contributed by atoms with van der Waals surface area (Å²) in [7, 11) is -3.48. The fourth-order valence-corrected chi connectivity index (χ4v) is 2.31. The van der Waals surface area contributed by atoms with E-state index < -0.39 is 16.1 Å². The Morgan fingerprint density at radius 1 is 1.41 bits per heavy atom. The molecule has 0 bridgehead atoms. The van der Waals surface area contributed by atoms with E-state index in [1.807, 2.05) is 6.92 Å². The monoisotopic (exact) mass is 255 g/mol. The number of hydrogen-bond donors (Lipinski definition) is 2. The van der Waals surface area contributed by atoms with Gasteiger partial charge in [0.05, 0.1) is 11.0 Å². The molecule has 0 amide bonds. The second-order valence-electron chi connectivity index (χ2n) is 3.80. The maximum absolute atomic E-state index is 11.8. The molecule has 0 spiro atoms. The topological polar surface area (TPSA) is 66.4 Å². The molecule has 1 aromatic rings. The number of nitrogens with one attached hydrogen (secondary N) is 1. The first kappa shape index (κ1) is 13.9. The Balaban J connectivity index is 2.63. The number of aliphatic hydroxyl groups excluding tert-OH is 1. The lowest BCUT2D eigenvalue weighted by atomic mass is 10.2. The van der Waals surface area contributed by atoms with Crippen LogP contribution in [0.3, 0.4) is 0 Å². The van der Waals surface area contributed by atoms with Crippen molar-refractivity contribution in [2.24, 2.45) is 0 Å². The van der Waals surface area contributed by atoms with Crippen molar-refractivity contribution >= 4 is 10.0 Å². The number of aryl methyl sites for hydroxylation is 1. The molecule has 1 aromatic carbocycles. The first-order chi connectivity index (χ1) is 7.95. The van der Waals surface area contributed by atoms with Crippen LogP contribution in [-0.4, -0.2) is 26.2 Å². The number of benzene rings is 1. The largest absolute Gasteiger partial charge is 0.389 e. The van der Waals surface area contributed by atoms with Crippen LogP contribution in [0.2, 0.25) is 0 Å². The van der Waals surface area contributed by atoms with Crippen molar-refractivity contribution in [1.82, 2.24) is 4.72 Å². The van der Waals surface area contributed by atoms with Crippen molar-refractivity contribution in [3.63, 3.8) is 0 Å². The minimum Gasteiger partial charge on any atom is -0.389 e. The molecule has 17 heavy (non-hydrogen) atoms. The van der Waals surface area contributed by atoms with Crippen molar-refractivity contribution in [1.29, 1.82) is 0 Å². The Bertz CT molecular complexity index is 465. The van der Waals surface area contributed by atoms with Gasteiger partial charge in [-0.3, -0.25) is 0 Å². The van der Waals surface area contributed by atoms with Crippen LogP contribution < -0.4 is 4.72 Å². The van der Waals surface area contributed by atoms with E-state index >= 15 is 0 Å². The molecule has 0 radical (unpaired) electrons. The summed E-state index contributed by atoms with van der Waals surface area (Å²) in [4.78, 5) is 0.233.